The Labute approximate surface area is 187 Å². The minimum atomic E-state index is -2.87. The van der Waals surface area contributed by atoms with Crippen molar-refractivity contribution in [3.63, 3.8) is 0 Å². The zero-order valence-corrected chi connectivity index (χ0v) is 17.8. The third-order valence-corrected chi connectivity index (χ3v) is 5.38. The number of nitrogens with two attached hydrogens (primary N) is 2. The fourth-order valence-corrected chi connectivity index (χ4v) is 3.61. The Morgan fingerprint density at radius 1 is 1.28 bits per heavy atom. The van der Waals surface area contributed by atoms with Crippen molar-refractivity contribution in [2.45, 2.75) is 38.3 Å². The number of hydrogen-bond acceptors (Lipinski definition) is 6. The summed E-state index contributed by atoms with van der Waals surface area (Å²) in [7, 11) is 0. The first-order valence-corrected chi connectivity index (χ1v) is 10.2. The zero-order valence-electron chi connectivity index (χ0n) is 17.0. The van der Waals surface area contributed by atoms with Crippen LogP contribution in [0.25, 0.3) is 22.2 Å². The van der Waals surface area contributed by atoms with Gasteiger partial charge in [-0.1, -0.05) is 23.7 Å². The summed E-state index contributed by atoms with van der Waals surface area (Å²) >= 11 is 6.50. The highest BCUT2D eigenvalue weighted by atomic mass is 35.5. The molecule has 0 spiro atoms. The first-order chi connectivity index (χ1) is 15.3. The van der Waals surface area contributed by atoms with E-state index in [2.05, 4.69) is 24.9 Å². The molecule has 8 nitrogen and oxygen atoms in total. The van der Waals surface area contributed by atoms with Crippen molar-refractivity contribution in [2.24, 2.45) is 15.7 Å². The summed E-state index contributed by atoms with van der Waals surface area (Å²) in [5, 5.41) is 1.13. The van der Waals surface area contributed by atoms with E-state index in [9.17, 15) is 8.78 Å². The molecule has 0 radical (unpaired) electrons. The second kappa shape index (κ2) is 8.99. The van der Waals surface area contributed by atoms with Crippen LogP contribution in [0.5, 0.6) is 5.75 Å². The maximum atomic E-state index is 12.1. The first-order valence-electron chi connectivity index (χ1n) is 9.83. The van der Waals surface area contributed by atoms with E-state index in [0.717, 1.165) is 24.0 Å². The van der Waals surface area contributed by atoms with Gasteiger partial charge >= 0.3 is 6.55 Å². The van der Waals surface area contributed by atoms with Crippen LogP contribution in [-0.2, 0) is 0 Å². The summed E-state index contributed by atoms with van der Waals surface area (Å²) in [6, 6.07) is 5.83. The molecule has 1 saturated carbocycles. The Kier molecular flexibility index (Phi) is 6.13. The highest BCUT2D eigenvalue weighted by Gasteiger charge is 2.26. The van der Waals surface area contributed by atoms with E-state index in [0.29, 0.717) is 33.9 Å². The van der Waals surface area contributed by atoms with Crippen LogP contribution >= 0.6 is 11.6 Å². The van der Waals surface area contributed by atoms with Crippen LogP contribution in [0.1, 0.15) is 31.2 Å². The molecule has 2 aromatic heterocycles. The van der Waals surface area contributed by atoms with Gasteiger partial charge in [-0.2, -0.15) is 8.78 Å². The Morgan fingerprint density at radius 2 is 2.06 bits per heavy atom. The summed E-state index contributed by atoms with van der Waals surface area (Å²) in [6.07, 6.45) is 5.03. The molecule has 1 fully saturated rings. The Bertz CT molecular complexity index is 1210. The topological polar surface area (TPSA) is 125 Å². The number of fused-ring (bicyclic) bond motifs is 1. The van der Waals surface area contributed by atoms with E-state index in [1.807, 2.05) is 18.2 Å². The third kappa shape index (κ3) is 4.59. The fourth-order valence-electron chi connectivity index (χ4n) is 3.28. The van der Waals surface area contributed by atoms with Crippen molar-refractivity contribution in [3.8, 4) is 17.0 Å². The van der Waals surface area contributed by atoms with Gasteiger partial charge in [0.1, 0.15) is 29.8 Å². The molecular weight excluding hydrogens is 440 g/mol. The van der Waals surface area contributed by atoms with Crippen molar-refractivity contribution >= 4 is 40.5 Å². The van der Waals surface area contributed by atoms with Crippen LogP contribution in [-0.4, -0.2) is 39.8 Å². The minimum Gasteiger partial charge on any atom is -0.480 e. The number of alkyl halides is 2. The van der Waals surface area contributed by atoms with Crippen molar-refractivity contribution in [1.82, 2.24) is 15.0 Å². The Hall–Kier alpha value is -3.40. The summed E-state index contributed by atoms with van der Waals surface area (Å²) in [6.45, 7) is -1.27. The number of anilines is 1. The largest absolute Gasteiger partial charge is 0.480 e. The molecule has 3 aromatic rings. The zero-order chi connectivity index (χ0) is 22.8. The number of amidine groups is 1. The molecule has 0 unspecified atom stereocenters. The van der Waals surface area contributed by atoms with Crippen molar-refractivity contribution in [2.75, 3.05) is 5.73 Å². The number of pyridine rings is 1. The van der Waals surface area contributed by atoms with Crippen LogP contribution < -0.4 is 16.2 Å². The van der Waals surface area contributed by atoms with Crippen LogP contribution in [0.3, 0.4) is 0 Å². The van der Waals surface area contributed by atoms with Gasteiger partial charge in [0.05, 0.1) is 17.3 Å². The van der Waals surface area contributed by atoms with E-state index in [1.54, 1.807) is 6.92 Å². The minimum absolute atomic E-state index is 0.0514. The number of ether oxygens (including phenoxy) is 1. The molecular formula is C21H20ClF2N7O. The Balaban J connectivity index is 1.70. The number of benzene rings is 1. The molecule has 32 heavy (non-hydrogen) atoms. The van der Waals surface area contributed by atoms with Crippen LogP contribution in [0.15, 0.2) is 40.7 Å². The van der Waals surface area contributed by atoms with Gasteiger partial charge in [0.15, 0.2) is 11.9 Å². The van der Waals surface area contributed by atoms with Gasteiger partial charge < -0.3 is 16.2 Å². The van der Waals surface area contributed by atoms with Crippen molar-refractivity contribution < 1.29 is 13.5 Å². The van der Waals surface area contributed by atoms with Gasteiger partial charge in [-0.3, -0.25) is 4.98 Å². The molecule has 2 heterocycles. The molecule has 1 atom stereocenters. The van der Waals surface area contributed by atoms with Gasteiger partial charge in [-0.05, 0) is 37.3 Å². The number of halogens is 3. The first kappa shape index (κ1) is 21.8. The molecule has 166 valence electrons. The molecule has 0 amide bonds. The molecule has 1 aromatic carbocycles. The van der Waals surface area contributed by atoms with Gasteiger partial charge in [0.25, 0.3) is 0 Å². The van der Waals surface area contributed by atoms with Crippen LogP contribution in [0.4, 0.5) is 14.6 Å². The predicted molar refractivity (Wildman–Crippen MR) is 120 cm³/mol. The molecule has 11 heteroatoms. The number of rotatable bonds is 7. The number of aromatic nitrogens is 3. The van der Waals surface area contributed by atoms with E-state index in [-0.39, 0.29) is 17.4 Å². The van der Waals surface area contributed by atoms with Gasteiger partial charge in [-0.15, -0.1) is 0 Å². The summed E-state index contributed by atoms with van der Waals surface area (Å²) < 4.78 is 30.1. The highest BCUT2D eigenvalue weighted by Crippen LogP contribution is 2.44. The smallest absolute Gasteiger partial charge is 0.333 e. The molecule has 4 N–H and O–H groups in total. The van der Waals surface area contributed by atoms with Crippen molar-refractivity contribution in [3.05, 3.63) is 41.3 Å². The number of nitrogen functional groups attached to an aromatic ring is 1. The molecule has 1 aliphatic carbocycles. The van der Waals surface area contributed by atoms with E-state index in [1.165, 1.54) is 12.5 Å². The summed E-state index contributed by atoms with van der Waals surface area (Å²) in [5.74, 6) is 0.939. The third-order valence-electron chi connectivity index (χ3n) is 5.06. The van der Waals surface area contributed by atoms with Gasteiger partial charge in [-0.25, -0.2) is 20.0 Å². The standard InChI is InChI=1S/C21H20ClF2N7O/c1-10(19(25)29-9-31-21(23)24)32-15-7-27-17(18-16(15)20(26)30-8-28-18)12-4-5-13(11-2-3-11)14(22)6-12/h4-11,21H,2-3H2,1H3,(H2,25,29,31)(H2,26,28,30)/t10-/m1/s1. The summed E-state index contributed by atoms with van der Waals surface area (Å²) in [4.78, 5) is 19.4. The number of nitrogens with zero attached hydrogens (tertiary/aromatic N) is 5. The maximum absolute atomic E-state index is 12.1. The molecule has 0 bridgehead atoms. The molecule has 0 aliphatic heterocycles. The lowest BCUT2D eigenvalue weighted by Gasteiger charge is -2.17. The predicted octanol–water partition coefficient (Wildman–Crippen LogP) is 4.18. The number of aliphatic imine (C=N–C) groups is 2. The summed E-state index contributed by atoms with van der Waals surface area (Å²) in [5.41, 5.74) is 14.9. The molecule has 4 rings (SSSR count). The molecule has 1 aliphatic rings. The second-order valence-electron chi connectivity index (χ2n) is 7.32. The van der Waals surface area contributed by atoms with E-state index in [4.69, 9.17) is 27.8 Å². The van der Waals surface area contributed by atoms with E-state index < -0.39 is 12.7 Å². The van der Waals surface area contributed by atoms with E-state index >= 15 is 0 Å². The van der Waals surface area contributed by atoms with Crippen LogP contribution in [0, 0.1) is 0 Å². The quantitative estimate of drug-likeness (QED) is 0.310. The second-order valence-corrected chi connectivity index (χ2v) is 7.73. The fraction of sp³-hybridized carbons (Fsp3) is 0.286. The average molecular weight is 460 g/mol. The monoisotopic (exact) mass is 459 g/mol. The normalized spacial score (nSPS) is 15.6. The SMILES string of the molecule is C[C@@H](Oc1cnc(-c2ccc(C3CC3)c(Cl)c2)c2ncnc(N)c12)C(N)=N/C=N/C(F)F. The number of hydrogen-bond donors (Lipinski definition) is 2. The lowest BCUT2D eigenvalue weighted by atomic mass is 10.0. The molecule has 0 saturated heterocycles. The van der Waals surface area contributed by atoms with Gasteiger partial charge in [0.2, 0.25) is 0 Å². The van der Waals surface area contributed by atoms with Crippen molar-refractivity contribution in [1.29, 1.82) is 0 Å². The Morgan fingerprint density at radius 3 is 2.75 bits per heavy atom. The average Bonchev–Trinajstić information content (AvgIpc) is 3.58. The van der Waals surface area contributed by atoms with Crippen LogP contribution in [0.2, 0.25) is 5.02 Å². The maximum Gasteiger partial charge on any atom is 0.333 e. The highest BCUT2D eigenvalue weighted by molar-refractivity contribution is 6.31. The lowest BCUT2D eigenvalue weighted by Crippen LogP contribution is -2.31. The lowest BCUT2D eigenvalue weighted by molar-refractivity contribution is 0.160. The van der Waals surface area contributed by atoms with Gasteiger partial charge in [0, 0.05) is 10.6 Å².